The van der Waals surface area contributed by atoms with E-state index in [1.54, 1.807) is 12.1 Å². The Kier molecular flexibility index (Phi) is 4.70. The molecule has 1 atom stereocenters. The van der Waals surface area contributed by atoms with Gasteiger partial charge in [0.25, 0.3) is 0 Å². The predicted molar refractivity (Wildman–Crippen MR) is 94.2 cm³/mol. The van der Waals surface area contributed by atoms with Crippen LogP contribution in [0.4, 0.5) is 13.2 Å². The highest BCUT2D eigenvalue weighted by Gasteiger charge is 2.64. The zero-order chi connectivity index (χ0) is 19.1. The van der Waals surface area contributed by atoms with Gasteiger partial charge in [-0.15, -0.1) is 0 Å². The van der Waals surface area contributed by atoms with Crippen molar-refractivity contribution in [3.05, 3.63) is 57.7 Å². The zero-order valence-corrected chi connectivity index (χ0v) is 15.4. The summed E-state index contributed by atoms with van der Waals surface area (Å²) in [5.41, 5.74) is -3.11. The molecule has 10 heteroatoms. The average Bonchev–Trinajstić information content (AvgIpc) is 2.59. The van der Waals surface area contributed by atoms with Gasteiger partial charge >= 0.3 is 17.8 Å². The highest BCUT2D eigenvalue weighted by molar-refractivity contribution is 9.11. The van der Waals surface area contributed by atoms with E-state index in [-0.39, 0.29) is 17.2 Å². The Hall–Kier alpha value is -2.13. The second kappa shape index (κ2) is 6.55. The fraction of sp³-hybridized carbons (Fsp3) is 0.188. The molecule has 2 heterocycles. The minimum Gasteiger partial charge on any atom is -0.465 e. The highest BCUT2D eigenvalue weighted by atomic mass is 79.9. The number of aliphatic imine (C=N–C) groups is 2. The standard InChI is InChI=1S/C16H10BrClF3N3O2/c1-26-14(25)15(16(19,20)21)22-12-6-5-10(17)8-24(12)13(23-15)9-3-2-4-11(18)7-9/h2-8H,1H3/t15-/m1/s1. The highest BCUT2D eigenvalue weighted by Crippen LogP contribution is 2.40. The van der Waals surface area contributed by atoms with Crippen molar-refractivity contribution in [3.8, 4) is 0 Å². The van der Waals surface area contributed by atoms with Gasteiger partial charge in [0.05, 0.1) is 7.11 Å². The summed E-state index contributed by atoms with van der Waals surface area (Å²) < 4.78 is 46.4. The van der Waals surface area contributed by atoms with Crippen LogP contribution >= 0.6 is 27.5 Å². The molecule has 0 aliphatic carbocycles. The molecule has 0 N–H and O–H groups in total. The number of carbonyl (C=O) groups excluding carboxylic acids is 1. The number of fused-ring (bicyclic) bond motifs is 1. The summed E-state index contributed by atoms with van der Waals surface area (Å²) in [6.07, 6.45) is -0.757. The third kappa shape index (κ3) is 3.05. The number of nitrogens with zero attached hydrogens (tertiary/aromatic N) is 3. The van der Waals surface area contributed by atoms with Gasteiger partial charge in [-0.3, -0.25) is 4.90 Å². The molecular formula is C16H10BrClF3N3O2. The minimum atomic E-state index is -5.10. The van der Waals surface area contributed by atoms with Crippen LogP contribution in [-0.4, -0.2) is 41.5 Å². The van der Waals surface area contributed by atoms with Gasteiger partial charge in [-0.25, -0.2) is 14.8 Å². The van der Waals surface area contributed by atoms with Gasteiger partial charge in [0.15, 0.2) is 0 Å². The first-order chi connectivity index (χ1) is 12.2. The van der Waals surface area contributed by atoms with Gasteiger partial charge in [0.1, 0.15) is 11.7 Å². The summed E-state index contributed by atoms with van der Waals surface area (Å²) in [4.78, 5) is 20.7. The van der Waals surface area contributed by atoms with Gasteiger partial charge in [-0.1, -0.05) is 23.7 Å². The molecule has 0 spiro atoms. The second-order valence-electron chi connectivity index (χ2n) is 5.29. The van der Waals surface area contributed by atoms with E-state index < -0.39 is 17.8 Å². The Morgan fingerprint density at radius 3 is 2.65 bits per heavy atom. The number of ether oxygens (including phenoxy) is 1. The first-order valence-electron chi connectivity index (χ1n) is 7.13. The number of alkyl halides is 3. The lowest BCUT2D eigenvalue weighted by Gasteiger charge is -2.36. The molecule has 1 aromatic carbocycles. The molecule has 0 radical (unpaired) electrons. The number of hydrogen-bond donors (Lipinski definition) is 0. The molecule has 1 aromatic rings. The predicted octanol–water partition coefficient (Wildman–Crippen LogP) is 4.04. The van der Waals surface area contributed by atoms with E-state index in [0.717, 1.165) is 7.11 Å². The van der Waals surface area contributed by atoms with Crippen molar-refractivity contribution in [1.82, 2.24) is 4.90 Å². The van der Waals surface area contributed by atoms with E-state index >= 15 is 0 Å². The first-order valence-corrected chi connectivity index (χ1v) is 8.30. The van der Waals surface area contributed by atoms with E-state index in [4.69, 9.17) is 11.6 Å². The topological polar surface area (TPSA) is 54.3 Å². The van der Waals surface area contributed by atoms with Crippen molar-refractivity contribution >= 4 is 45.2 Å². The normalized spacial score (nSPS) is 22.2. The summed E-state index contributed by atoms with van der Waals surface area (Å²) in [6.45, 7) is 0. The molecular weight excluding hydrogens is 439 g/mol. The zero-order valence-electron chi connectivity index (χ0n) is 13.1. The van der Waals surface area contributed by atoms with Crippen LogP contribution in [0.15, 0.2) is 57.1 Å². The molecule has 0 fully saturated rings. The molecule has 2 aliphatic heterocycles. The molecule has 0 saturated carbocycles. The summed E-state index contributed by atoms with van der Waals surface area (Å²) >= 11 is 9.22. The fourth-order valence-corrected chi connectivity index (χ4v) is 2.96. The van der Waals surface area contributed by atoms with Crippen LogP contribution in [0.3, 0.4) is 0 Å². The van der Waals surface area contributed by atoms with Gasteiger partial charge < -0.3 is 4.74 Å². The Morgan fingerprint density at radius 1 is 1.31 bits per heavy atom. The number of halogens is 5. The maximum Gasteiger partial charge on any atom is 0.445 e. The molecule has 0 saturated heterocycles. The van der Waals surface area contributed by atoms with Gasteiger partial charge in [0.2, 0.25) is 0 Å². The Labute approximate surface area is 159 Å². The Morgan fingerprint density at radius 2 is 2.04 bits per heavy atom. The third-order valence-corrected chi connectivity index (χ3v) is 4.32. The van der Waals surface area contributed by atoms with Crippen LogP contribution in [0.1, 0.15) is 5.56 Å². The van der Waals surface area contributed by atoms with Crippen LogP contribution in [0.5, 0.6) is 0 Å². The lowest BCUT2D eigenvalue weighted by atomic mass is 10.1. The second-order valence-corrected chi connectivity index (χ2v) is 6.65. The molecule has 5 nitrogen and oxygen atoms in total. The summed E-state index contributed by atoms with van der Waals surface area (Å²) in [7, 11) is 0.851. The number of carbonyl (C=O) groups is 1. The summed E-state index contributed by atoms with van der Waals surface area (Å²) in [6, 6.07) is 6.12. The third-order valence-electron chi connectivity index (χ3n) is 3.61. The maximum atomic E-state index is 13.8. The lowest BCUT2D eigenvalue weighted by molar-refractivity contribution is -0.202. The summed E-state index contributed by atoms with van der Waals surface area (Å²) in [5, 5.41) is 0.306. The van der Waals surface area contributed by atoms with Gasteiger partial charge in [-0.2, -0.15) is 13.2 Å². The van der Waals surface area contributed by atoms with Crippen molar-refractivity contribution in [2.75, 3.05) is 7.11 Å². The number of amidine groups is 2. The lowest BCUT2D eigenvalue weighted by Crippen LogP contribution is -2.55. The number of rotatable bonds is 2. The maximum absolute atomic E-state index is 13.8. The Bertz CT molecular complexity index is 895. The van der Waals surface area contributed by atoms with Crippen LogP contribution in [0.2, 0.25) is 5.02 Å². The number of esters is 1. The number of methoxy groups -OCH3 is 1. The molecule has 0 bridgehead atoms. The van der Waals surface area contributed by atoms with Crippen molar-refractivity contribution in [3.63, 3.8) is 0 Å². The minimum absolute atomic E-state index is 0.110. The van der Waals surface area contributed by atoms with E-state index in [9.17, 15) is 18.0 Å². The molecule has 0 aromatic heterocycles. The largest absolute Gasteiger partial charge is 0.465 e. The first kappa shape index (κ1) is 18.7. The quantitative estimate of drug-likeness (QED) is 0.642. The van der Waals surface area contributed by atoms with E-state index in [1.165, 1.54) is 35.4 Å². The van der Waals surface area contributed by atoms with Crippen LogP contribution in [0, 0.1) is 0 Å². The van der Waals surface area contributed by atoms with E-state index in [1.807, 2.05) is 0 Å². The van der Waals surface area contributed by atoms with Crippen molar-refractivity contribution in [1.29, 1.82) is 0 Å². The molecule has 136 valence electrons. The van der Waals surface area contributed by atoms with Crippen LogP contribution in [-0.2, 0) is 9.53 Å². The van der Waals surface area contributed by atoms with E-state index in [0.29, 0.717) is 9.51 Å². The van der Waals surface area contributed by atoms with Crippen LogP contribution in [0.25, 0.3) is 0 Å². The number of benzene rings is 1. The molecule has 3 rings (SSSR count). The fourth-order valence-electron chi connectivity index (χ4n) is 2.43. The number of allylic oxidation sites excluding steroid dienone is 2. The monoisotopic (exact) mass is 447 g/mol. The van der Waals surface area contributed by atoms with Crippen molar-refractivity contribution in [2.45, 2.75) is 11.8 Å². The SMILES string of the molecule is COC(=O)[C@@]1(C(F)(F)F)N=C2C=CC(Br)=CN2C(c2cccc(Cl)c2)=N1. The average molecular weight is 449 g/mol. The van der Waals surface area contributed by atoms with Crippen LogP contribution < -0.4 is 0 Å². The van der Waals surface area contributed by atoms with Gasteiger partial charge in [-0.05, 0) is 40.2 Å². The molecule has 0 unspecified atom stereocenters. The number of hydrogen-bond acceptors (Lipinski definition) is 5. The smallest absolute Gasteiger partial charge is 0.445 e. The van der Waals surface area contributed by atoms with Crippen molar-refractivity contribution < 1.29 is 22.7 Å². The Balaban J connectivity index is 2.29. The van der Waals surface area contributed by atoms with Crippen molar-refractivity contribution in [2.24, 2.45) is 9.98 Å². The van der Waals surface area contributed by atoms with Gasteiger partial charge in [0, 0.05) is 21.3 Å². The molecule has 26 heavy (non-hydrogen) atoms. The molecule has 0 amide bonds. The molecule has 2 aliphatic rings. The summed E-state index contributed by atoms with van der Waals surface area (Å²) in [5.74, 6) is -1.87. The van der Waals surface area contributed by atoms with E-state index in [2.05, 4.69) is 30.7 Å².